The average molecular weight is 327 g/mol. The molecule has 0 saturated heterocycles. The summed E-state index contributed by atoms with van der Waals surface area (Å²) in [4.78, 5) is 18.1. The van der Waals surface area contributed by atoms with Gasteiger partial charge in [-0.3, -0.25) is 4.79 Å². The van der Waals surface area contributed by atoms with Crippen molar-refractivity contribution in [1.82, 2.24) is 4.98 Å². The fourth-order valence-corrected chi connectivity index (χ4v) is 3.68. The van der Waals surface area contributed by atoms with Gasteiger partial charge >= 0.3 is 0 Å². The van der Waals surface area contributed by atoms with Crippen LogP contribution in [0.1, 0.15) is 26.5 Å². The fraction of sp³-hybridized carbons (Fsp3) is 0.176. The summed E-state index contributed by atoms with van der Waals surface area (Å²) < 4.78 is 0. The third-order valence-electron chi connectivity index (χ3n) is 3.63. The summed E-state index contributed by atoms with van der Waals surface area (Å²) in [7, 11) is 0. The van der Waals surface area contributed by atoms with E-state index in [9.17, 15) is 9.90 Å². The van der Waals surface area contributed by atoms with Crippen LogP contribution in [0.4, 0.5) is 11.4 Å². The Hall–Kier alpha value is -2.60. The summed E-state index contributed by atoms with van der Waals surface area (Å²) >= 11 is 1.26. The lowest BCUT2D eigenvalue weighted by Crippen LogP contribution is -2.12. The molecule has 0 aliphatic carbocycles. The van der Waals surface area contributed by atoms with Crippen LogP contribution in [-0.2, 0) is 0 Å². The molecule has 0 spiro atoms. The Bertz CT molecular complexity index is 931. The molecule has 6 heteroatoms. The molecule has 1 amide bonds. The molecule has 1 aromatic carbocycles. The molecule has 23 heavy (non-hydrogen) atoms. The van der Waals surface area contributed by atoms with E-state index in [4.69, 9.17) is 5.73 Å². The number of thiophene rings is 1. The van der Waals surface area contributed by atoms with E-state index >= 15 is 0 Å². The molecule has 0 unspecified atom stereocenters. The van der Waals surface area contributed by atoms with Crippen molar-refractivity contribution in [1.29, 1.82) is 0 Å². The van der Waals surface area contributed by atoms with Crippen molar-refractivity contribution in [2.45, 2.75) is 20.8 Å². The Morgan fingerprint density at radius 2 is 2.00 bits per heavy atom. The Labute approximate surface area is 137 Å². The minimum Gasteiger partial charge on any atom is -0.506 e. The van der Waals surface area contributed by atoms with Crippen LogP contribution >= 0.6 is 11.3 Å². The van der Waals surface area contributed by atoms with E-state index in [0.29, 0.717) is 16.3 Å². The zero-order chi connectivity index (χ0) is 16.7. The molecular formula is C17H17N3O2S. The number of rotatable bonds is 2. The number of nitrogen functional groups attached to an aromatic ring is 1. The molecule has 0 saturated carbocycles. The minimum absolute atomic E-state index is 0.0220. The lowest BCUT2D eigenvalue weighted by molar-refractivity contribution is 0.103. The first kappa shape index (κ1) is 15.3. The third-order valence-corrected chi connectivity index (χ3v) is 4.73. The normalized spacial score (nSPS) is 10.9. The fourth-order valence-electron chi connectivity index (χ4n) is 2.57. The van der Waals surface area contributed by atoms with E-state index in [1.807, 2.05) is 26.8 Å². The molecule has 0 radical (unpaired) electrons. The lowest BCUT2D eigenvalue weighted by atomic mass is 10.1. The topological polar surface area (TPSA) is 88.2 Å². The molecule has 0 fully saturated rings. The van der Waals surface area contributed by atoms with Crippen molar-refractivity contribution in [3.05, 3.63) is 46.0 Å². The molecule has 0 aliphatic heterocycles. The van der Waals surface area contributed by atoms with Gasteiger partial charge in [-0.2, -0.15) is 0 Å². The van der Waals surface area contributed by atoms with Gasteiger partial charge in [0.1, 0.15) is 15.5 Å². The number of amides is 1. The second kappa shape index (κ2) is 5.55. The summed E-state index contributed by atoms with van der Waals surface area (Å²) in [5.74, 6) is -0.322. The molecular weight excluding hydrogens is 310 g/mol. The number of phenols is 1. The van der Waals surface area contributed by atoms with Crippen molar-refractivity contribution in [3.63, 3.8) is 0 Å². The number of hydrogen-bond acceptors (Lipinski definition) is 5. The maximum atomic E-state index is 12.5. The van der Waals surface area contributed by atoms with Crippen molar-refractivity contribution in [2.75, 3.05) is 11.1 Å². The standard InChI is InChI=1S/C17H17N3O2S/c1-8-4-5-12(21)11(6-8)20-16(22)15-14(18)13-9(2)7-10(3)19-17(13)23-15/h4-7,21H,18H2,1-3H3,(H,20,22). The largest absolute Gasteiger partial charge is 0.506 e. The number of benzene rings is 1. The molecule has 3 rings (SSSR count). The summed E-state index contributed by atoms with van der Waals surface area (Å²) in [5.41, 5.74) is 9.79. The van der Waals surface area contributed by atoms with Crippen LogP contribution in [-0.4, -0.2) is 16.0 Å². The molecule has 0 aliphatic rings. The minimum atomic E-state index is -0.344. The number of pyridine rings is 1. The van der Waals surface area contributed by atoms with Gasteiger partial charge in [-0.1, -0.05) is 6.07 Å². The van der Waals surface area contributed by atoms with Crippen LogP contribution in [0.15, 0.2) is 24.3 Å². The van der Waals surface area contributed by atoms with Gasteiger partial charge < -0.3 is 16.2 Å². The predicted octanol–water partition coefficient (Wildman–Crippen LogP) is 3.76. The van der Waals surface area contributed by atoms with Crippen LogP contribution < -0.4 is 11.1 Å². The number of fused-ring (bicyclic) bond motifs is 1. The zero-order valence-corrected chi connectivity index (χ0v) is 13.9. The van der Waals surface area contributed by atoms with Gasteiger partial charge in [0.15, 0.2) is 0 Å². The van der Waals surface area contributed by atoms with Crippen molar-refractivity contribution < 1.29 is 9.90 Å². The highest BCUT2D eigenvalue weighted by Crippen LogP contribution is 2.36. The van der Waals surface area contributed by atoms with Gasteiger partial charge in [-0.15, -0.1) is 11.3 Å². The number of aromatic nitrogens is 1. The van der Waals surface area contributed by atoms with Crippen molar-refractivity contribution in [2.24, 2.45) is 0 Å². The Morgan fingerprint density at radius 3 is 2.74 bits per heavy atom. The summed E-state index contributed by atoms with van der Waals surface area (Å²) in [6.07, 6.45) is 0. The predicted molar refractivity (Wildman–Crippen MR) is 94.3 cm³/mol. The zero-order valence-electron chi connectivity index (χ0n) is 13.1. The van der Waals surface area contributed by atoms with Gasteiger partial charge in [0.25, 0.3) is 5.91 Å². The summed E-state index contributed by atoms with van der Waals surface area (Å²) in [6.45, 7) is 5.75. The van der Waals surface area contributed by atoms with Crippen LogP contribution in [0.5, 0.6) is 5.75 Å². The molecule has 118 valence electrons. The molecule has 4 N–H and O–H groups in total. The molecule has 5 nitrogen and oxygen atoms in total. The summed E-state index contributed by atoms with van der Waals surface area (Å²) in [5, 5.41) is 13.4. The van der Waals surface area contributed by atoms with E-state index < -0.39 is 0 Å². The number of nitrogens with zero attached hydrogens (tertiary/aromatic N) is 1. The lowest BCUT2D eigenvalue weighted by Gasteiger charge is -2.07. The number of nitrogens with two attached hydrogens (primary N) is 1. The highest BCUT2D eigenvalue weighted by molar-refractivity contribution is 7.21. The number of carbonyl (C=O) groups excluding carboxylic acids is 1. The molecule has 0 bridgehead atoms. The van der Waals surface area contributed by atoms with Gasteiger partial charge in [-0.05, 0) is 50.1 Å². The molecule has 2 aromatic heterocycles. The van der Waals surface area contributed by atoms with E-state index in [1.165, 1.54) is 11.3 Å². The molecule has 2 heterocycles. The summed E-state index contributed by atoms with van der Waals surface area (Å²) in [6, 6.07) is 6.98. The van der Waals surface area contributed by atoms with Crippen LogP contribution in [0.3, 0.4) is 0 Å². The second-order valence-corrected chi connectivity index (χ2v) is 6.58. The monoisotopic (exact) mass is 327 g/mol. The number of hydrogen-bond donors (Lipinski definition) is 3. The van der Waals surface area contributed by atoms with Crippen molar-refractivity contribution >= 4 is 38.8 Å². The van der Waals surface area contributed by atoms with Gasteiger partial charge in [-0.25, -0.2) is 4.98 Å². The number of aromatic hydroxyl groups is 1. The number of carbonyl (C=O) groups is 1. The first-order valence-electron chi connectivity index (χ1n) is 7.14. The first-order chi connectivity index (χ1) is 10.9. The van der Waals surface area contributed by atoms with Crippen LogP contribution in [0, 0.1) is 20.8 Å². The van der Waals surface area contributed by atoms with E-state index in [2.05, 4.69) is 10.3 Å². The number of phenolic OH excluding ortho intramolecular Hbond substituents is 1. The van der Waals surface area contributed by atoms with E-state index in [1.54, 1.807) is 18.2 Å². The first-order valence-corrected chi connectivity index (χ1v) is 7.95. The Balaban J connectivity index is 2.03. The number of nitrogens with one attached hydrogen (secondary N) is 1. The van der Waals surface area contributed by atoms with Crippen LogP contribution in [0.2, 0.25) is 0 Å². The van der Waals surface area contributed by atoms with Crippen LogP contribution in [0.25, 0.3) is 10.2 Å². The highest BCUT2D eigenvalue weighted by atomic mass is 32.1. The quantitative estimate of drug-likeness (QED) is 0.625. The SMILES string of the molecule is Cc1ccc(O)c(NC(=O)c2sc3nc(C)cc(C)c3c2N)c1. The maximum absolute atomic E-state index is 12.5. The molecule has 0 atom stereocenters. The molecule has 3 aromatic rings. The third kappa shape index (κ3) is 2.73. The maximum Gasteiger partial charge on any atom is 0.268 e. The highest BCUT2D eigenvalue weighted by Gasteiger charge is 2.19. The Morgan fingerprint density at radius 1 is 1.26 bits per heavy atom. The Kier molecular flexibility index (Phi) is 3.69. The number of anilines is 2. The number of aryl methyl sites for hydroxylation is 3. The van der Waals surface area contributed by atoms with Gasteiger partial charge in [0.2, 0.25) is 0 Å². The average Bonchev–Trinajstić information content (AvgIpc) is 2.80. The smallest absolute Gasteiger partial charge is 0.268 e. The van der Waals surface area contributed by atoms with E-state index in [0.717, 1.165) is 27.0 Å². The van der Waals surface area contributed by atoms with E-state index in [-0.39, 0.29) is 11.7 Å². The van der Waals surface area contributed by atoms with Gasteiger partial charge in [0, 0.05) is 11.1 Å². The van der Waals surface area contributed by atoms with Crippen molar-refractivity contribution in [3.8, 4) is 5.75 Å². The van der Waals surface area contributed by atoms with Gasteiger partial charge in [0.05, 0.1) is 11.4 Å². The second-order valence-electron chi connectivity index (χ2n) is 5.58.